The molecule has 110 valence electrons. The summed E-state index contributed by atoms with van der Waals surface area (Å²) in [4.78, 5) is 14.2. The number of aliphatic hydroxyl groups excluding tert-OH is 1. The number of nitrogens with zero attached hydrogens (tertiary/aromatic N) is 1. The number of piperidine rings is 1. The summed E-state index contributed by atoms with van der Waals surface area (Å²) >= 11 is 0. The van der Waals surface area contributed by atoms with Gasteiger partial charge in [-0.05, 0) is 37.8 Å². The lowest BCUT2D eigenvalue weighted by Crippen LogP contribution is -2.43. The first-order valence-corrected chi connectivity index (χ1v) is 7.31. The van der Waals surface area contributed by atoms with Gasteiger partial charge in [0.25, 0.3) is 0 Å². The van der Waals surface area contributed by atoms with Crippen LogP contribution < -0.4 is 5.32 Å². The van der Waals surface area contributed by atoms with Gasteiger partial charge in [0.2, 0.25) is 5.91 Å². The molecule has 0 aliphatic carbocycles. The molecule has 1 saturated heterocycles. The highest BCUT2D eigenvalue weighted by atomic mass is 16.3. The Morgan fingerprint density at radius 2 is 2.05 bits per heavy atom. The summed E-state index contributed by atoms with van der Waals surface area (Å²) in [6.07, 6.45) is 1.33. The molecule has 4 heteroatoms. The predicted octanol–water partition coefficient (Wildman–Crippen LogP) is 1.63. The van der Waals surface area contributed by atoms with Crippen molar-refractivity contribution in [1.29, 1.82) is 0 Å². The Morgan fingerprint density at radius 1 is 1.40 bits per heavy atom. The summed E-state index contributed by atoms with van der Waals surface area (Å²) in [5.74, 6) is 0.0529. The molecule has 0 spiro atoms. The molecule has 1 atom stereocenters. The number of benzene rings is 1. The first-order valence-electron chi connectivity index (χ1n) is 7.31. The Balaban J connectivity index is 1.84. The molecule has 0 saturated carbocycles. The smallest absolute Gasteiger partial charge is 0.234 e. The molecule has 1 unspecified atom stereocenters. The maximum Gasteiger partial charge on any atom is 0.234 e. The zero-order chi connectivity index (χ0) is 14.5. The Morgan fingerprint density at radius 3 is 2.70 bits per heavy atom. The zero-order valence-corrected chi connectivity index (χ0v) is 12.3. The van der Waals surface area contributed by atoms with Gasteiger partial charge in [0.05, 0.1) is 18.7 Å². The van der Waals surface area contributed by atoms with Crippen molar-refractivity contribution in [1.82, 2.24) is 10.2 Å². The van der Waals surface area contributed by atoms with Crippen LogP contribution in [0.15, 0.2) is 24.3 Å². The van der Waals surface area contributed by atoms with Crippen LogP contribution >= 0.6 is 0 Å². The first-order chi connectivity index (χ1) is 9.56. The number of amides is 1. The summed E-state index contributed by atoms with van der Waals surface area (Å²) in [5, 5.41) is 12.5. The van der Waals surface area contributed by atoms with Crippen LogP contribution in [0.4, 0.5) is 0 Å². The van der Waals surface area contributed by atoms with E-state index in [2.05, 4.69) is 29.3 Å². The molecule has 1 aliphatic rings. The van der Waals surface area contributed by atoms with Crippen LogP contribution in [0.3, 0.4) is 0 Å². The van der Waals surface area contributed by atoms with E-state index in [1.165, 1.54) is 5.56 Å². The summed E-state index contributed by atoms with van der Waals surface area (Å²) in [6.45, 7) is 6.09. The lowest BCUT2D eigenvalue weighted by atomic mass is 10.0. The largest absolute Gasteiger partial charge is 0.393 e. The highest BCUT2D eigenvalue weighted by molar-refractivity contribution is 5.78. The second-order valence-corrected chi connectivity index (χ2v) is 5.65. The van der Waals surface area contributed by atoms with E-state index in [4.69, 9.17) is 0 Å². The standard InChI is InChI=1S/C16H24N2O2/c1-12-5-3-4-6-15(12)13(2)17-16(20)11-18-9-7-14(19)8-10-18/h3-6,13-14,19H,7-11H2,1-2H3,(H,17,20). The molecular formula is C16H24N2O2. The number of carbonyl (C=O) groups is 1. The van der Waals surface area contributed by atoms with Crippen molar-refractivity contribution in [3.8, 4) is 0 Å². The van der Waals surface area contributed by atoms with E-state index in [-0.39, 0.29) is 18.1 Å². The number of rotatable bonds is 4. The van der Waals surface area contributed by atoms with Gasteiger partial charge in [-0.3, -0.25) is 9.69 Å². The van der Waals surface area contributed by atoms with Crippen LogP contribution in [0.1, 0.15) is 36.9 Å². The van der Waals surface area contributed by atoms with Gasteiger partial charge in [0, 0.05) is 13.1 Å². The van der Waals surface area contributed by atoms with Crippen molar-refractivity contribution in [2.45, 2.75) is 38.8 Å². The molecule has 1 amide bonds. The number of aliphatic hydroxyl groups is 1. The minimum Gasteiger partial charge on any atom is -0.393 e. The van der Waals surface area contributed by atoms with Crippen molar-refractivity contribution in [2.75, 3.05) is 19.6 Å². The molecule has 0 aromatic heterocycles. The Labute approximate surface area is 120 Å². The maximum absolute atomic E-state index is 12.1. The van der Waals surface area contributed by atoms with E-state index in [9.17, 15) is 9.90 Å². The predicted molar refractivity (Wildman–Crippen MR) is 79.4 cm³/mol. The van der Waals surface area contributed by atoms with Crippen LogP contribution in [-0.2, 0) is 4.79 Å². The Kier molecular flexibility index (Phi) is 5.15. The van der Waals surface area contributed by atoms with Gasteiger partial charge in [0.1, 0.15) is 0 Å². The summed E-state index contributed by atoms with van der Waals surface area (Å²) in [7, 11) is 0. The fourth-order valence-electron chi connectivity index (χ4n) is 2.72. The van der Waals surface area contributed by atoms with Crippen molar-refractivity contribution in [3.05, 3.63) is 35.4 Å². The molecule has 0 bridgehead atoms. The van der Waals surface area contributed by atoms with E-state index < -0.39 is 0 Å². The zero-order valence-electron chi connectivity index (χ0n) is 12.3. The van der Waals surface area contributed by atoms with Gasteiger partial charge in [-0.25, -0.2) is 0 Å². The molecule has 4 nitrogen and oxygen atoms in total. The van der Waals surface area contributed by atoms with Gasteiger partial charge in [-0.2, -0.15) is 0 Å². The van der Waals surface area contributed by atoms with Gasteiger partial charge in [-0.1, -0.05) is 24.3 Å². The van der Waals surface area contributed by atoms with Crippen LogP contribution in [0.25, 0.3) is 0 Å². The quantitative estimate of drug-likeness (QED) is 0.879. The minimum absolute atomic E-state index is 0.0269. The van der Waals surface area contributed by atoms with Gasteiger partial charge >= 0.3 is 0 Å². The van der Waals surface area contributed by atoms with Gasteiger partial charge in [0.15, 0.2) is 0 Å². The normalized spacial score (nSPS) is 18.8. The molecule has 2 N–H and O–H groups in total. The molecule has 1 heterocycles. The van der Waals surface area contributed by atoms with Crippen LogP contribution in [0.2, 0.25) is 0 Å². The third-order valence-corrected chi connectivity index (χ3v) is 3.96. The lowest BCUT2D eigenvalue weighted by molar-refractivity contribution is -0.123. The first kappa shape index (κ1) is 15.0. The van der Waals surface area contributed by atoms with E-state index >= 15 is 0 Å². The van der Waals surface area contributed by atoms with E-state index in [0.717, 1.165) is 31.5 Å². The van der Waals surface area contributed by atoms with E-state index in [0.29, 0.717) is 6.54 Å². The summed E-state index contributed by atoms with van der Waals surface area (Å²) < 4.78 is 0. The molecule has 20 heavy (non-hydrogen) atoms. The number of carbonyl (C=O) groups excluding carboxylic acids is 1. The molecule has 0 radical (unpaired) electrons. The van der Waals surface area contributed by atoms with Crippen LogP contribution in [-0.4, -0.2) is 41.7 Å². The third-order valence-electron chi connectivity index (χ3n) is 3.96. The molecule has 1 aromatic carbocycles. The Hall–Kier alpha value is -1.39. The number of hydrogen-bond acceptors (Lipinski definition) is 3. The molecule has 1 fully saturated rings. The second-order valence-electron chi connectivity index (χ2n) is 5.65. The molecular weight excluding hydrogens is 252 g/mol. The molecule has 2 rings (SSSR count). The van der Waals surface area contributed by atoms with Crippen LogP contribution in [0.5, 0.6) is 0 Å². The highest BCUT2D eigenvalue weighted by Crippen LogP contribution is 2.16. The third kappa shape index (κ3) is 4.05. The average Bonchev–Trinajstić information content (AvgIpc) is 2.41. The summed E-state index contributed by atoms with van der Waals surface area (Å²) in [6, 6.07) is 8.14. The van der Waals surface area contributed by atoms with E-state index in [1.54, 1.807) is 0 Å². The monoisotopic (exact) mass is 276 g/mol. The van der Waals surface area contributed by atoms with Crippen molar-refractivity contribution in [3.63, 3.8) is 0 Å². The topological polar surface area (TPSA) is 52.6 Å². The lowest BCUT2D eigenvalue weighted by Gasteiger charge is -2.29. The van der Waals surface area contributed by atoms with E-state index in [1.807, 2.05) is 19.1 Å². The van der Waals surface area contributed by atoms with Crippen molar-refractivity contribution >= 4 is 5.91 Å². The van der Waals surface area contributed by atoms with Crippen LogP contribution in [0, 0.1) is 6.92 Å². The maximum atomic E-state index is 12.1. The summed E-state index contributed by atoms with van der Waals surface area (Å²) in [5.41, 5.74) is 2.36. The minimum atomic E-state index is -0.194. The van der Waals surface area contributed by atoms with Gasteiger partial charge in [-0.15, -0.1) is 0 Å². The SMILES string of the molecule is Cc1ccccc1C(C)NC(=O)CN1CCC(O)CC1. The number of nitrogens with one attached hydrogen (secondary N) is 1. The average molecular weight is 276 g/mol. The highest BCUT2D eigenvalue weighted by Gasteiger charge is 2.20. The fraction of sp³-hybridized carbons (Fsp3) is 0.562. The second kappa shape index (κ2) is 6.86. The van der Waals surface area contributed by atoms with Crippen molar-refractivity contribution in [2.24, 2.45) is 0 Å². The number of aryl methyl sites for hydroxylation is 1. The molecule has 1 aromatic rings. The number of hydrogen-bond donors (Lipinski definition) is 2. The Bertz CT molecular complexity index is 454. The number of likely N-dealkylation sites (tertiary alicyclic amines) is 1. The van der Waals surface area contributed by atoms with Gasteiger partial charge < -0.3 is 10.4 Å². The fourth-order valence-corrected chi connectivity index (χ4v) is 2.72. The molecule has 1 aliphatic heterocycles. The van der Waals surface area contributed by atoms with Crippen molar-refractivity contribution < 1.29 is 9.90 Å².